The molecule has 0 bridgehead atoms. The SMILES string of the molecule is CCCN1C(=O)CC(c2ccccc2)C1=O. The number of amides is 2. The zero-order chi connectivity index (χ0) is 11.5. The maximum absolute atomic E-state index is 12.0. The second-order valence-electron chi connectivity index (χ2n) is 4.05. The van der Waals surface area contributed by atoms with E-state index in [0.29, 0.717) is 13.0 Å². The first-order chi connectivity index (χ1) is 7.74. The average molecular weight is 217 g/mol. The van der Waals surface area contributed by atoms with Gasteiger partial charge in [-0.1, -0.05) is 37.3 Å². The first kappa shape index (κ1) is 10.9. The van der Waals surface area contributed by atoms with E-state index in [1.54, 1.807) is 0 Å². The number of hydrogen-bond donors (Lipinski definition) is 0. The summed E-state index contributed by atoms with van der Waals surface area (Å²) in [5.41, 5.74) is 0.944. The third-order valence-electron chi connectivity index (χ3n) is 2.89. The van der Waals surface area contributed by atoms with Gasteiger partial charge in [0.25, 0.3) is 0 Å². The van der Waals surface area contributed by atoms with Crippen molar-refractivity contribution < 1.29 is 9.59 Å². The molecule has 0 aliphatic carbocycles. The number of carbonyl (C=O) groups is 2. The maximum atomic E-state index is 12.0. The predicted octanol–water partition coefficient (Wildman–Crippen LogP) is 1.94. The summed E-state index contributed by atoms with van der Waals surface area (Å²) in [4.78, 5) is 25.1. The van der Waals surface area contributed by atoms with Crippen LogP contribution in [0.5, 0.6) is 0 Å². The van der Waals surface area contributed by atoms with Gasteiger partial charge in [-0.2, -0.15) is 0 Å². The van der Waals surface area contributed by atoms with Crippen LogP contribution in [0.4, 0.5) is 0 Å². The Kier molecular flexibility index (Phi) is 3.04. The van der Waals surface area contributed by atoms with Crippen molar-refractivity contribution in [1.29, 1.82) is 0 Å². The number of rotatable bonds is 3. The third kappa shape index (κ3) is 1.85. The molecule has 1 aromatic carbocycles. The molecular formula is C13H15NO2. The number of carbonyl (C=O) groups excluding carboxylic acids is 2. The fraction of sp³-hybridized carbons (Fsp3) is 0.385. The van der Waals surface area contributed by atoms with E-state index >= 15 is 0 Å². The lowest BCUT2D eigenvalue weighted by Gasteiger charge is -2.13. The van der Waals surface area contributed by atoms with E-state index in [-0.39, 0.29) is 17.7 Å². The molecule has 2 rings (SSSR count). The van der Waals surface area contributed by atoms with Crippen molar-refractivity contribution in [3.05, 3.63) is 35.9 Å². The highest BCUT2D eigenvalue weighted by molar-refractivity contribution is 6.06. The van der Waals surface area contributed by atoms with Crippen LogP contribution < -0.4 is 0 Å². The fourth-order valence-corrected chi connectivity index (χ4v) is 2.09. The Morgan fingerprint density at radius 2 is 1.94 bits per heavy atom. The van der Waals surface area contributed by atoms with E-state index < -0.39 is 0 Å². The molecule has 1 saturated heterocycles. The van der Waals surface area contributed by atoms with Crippen molar-refractivity contribution in [3.63, 3.8) is 0 Å². The molecule has 0 aromatic heterocycles. The van der Waals surface area contributed by atoms with Crippen molar-refractivity contribution in [2.24, 2.45) is 0 Å². The van der Waals surface area contributed by atoms with Crippen LogP contribution in [0.3, 0.4) is 0 Å². The van der Waals surface area contributed by atoms with Crippen LogP contribution in [-0.2, 0) is 9.59 Å². The molecule has 1 aliphatic rings. The quantitative estimate of drug-likeness (QED) is 0.725. The summed E-state index contributed by atoms with van der Waals surface area (Å²) in [5.74, 6) is -0.348. The van der Waals surface area contributed by atoms with Gasteiger partial charge in [0.1, 0.15) is 0 Å². The van der Waals surface area contributed by atoms with Gasteiger partial charge < -0.3 is 0 Å². The Balaban J connectivity index is 2.21. The second-order valence-corrected chi connectivity index (χ2v) is 4.05. The molecule has 0 spiro atoms. The predicted molar refractivity (Wildman–Crippen MR) is 60.8 cm³/mol. The second kappa shape index (κ2) is 4.47. The van der Waals surface area contributed by atoms with Crippen LogP contribution in [0.15, 0.2) is 30.3 Å². The van der Waals surface area contributed by atoms with E-state index in [2.05, 4.69) is 0 Å². The van der Waals surface area contributed by atoms with Crippen LogP contribution in [0.1, 0.15) is 31.2 Å². The maximum Gasteiger partial charge on any atom is 0.237 e. The largest absolute Gasteiger partial charge is 0.282 e. The van der Waals surface area contributed by atoms with Gasteiger partial charge in [0, 0.05) is 13.0 Å². The topological polar surface area (TPSA) is 37.4 Å². The van der Waals surface area contributed by atoms with Gasteiger partial charge in [0.05, 0.1) is 5.92 Å². The molecule has 0 N–H and O–H groups in total. The highest BCUT2D eigenvalue weighted by Gasteiger charge is 2.38. The van der Waals surface area contributed by atoms with Gasteiger partial charge in [-0.25, -0.2) is 0 Å². The average Bonchev–Trinajstić information content (AvgIpc) is 2.59. The van der Waals surface area contributed by atoms with Gasteiger partial charge in [-0.3, -0.25) is 14.5 Å². The summed E-state index contributed by atoms with van der Waals surface area (Å²) in [5, 5.41) is 0. The van der Waals surface area contributed by atoms with Crippen molar-refractivity contribution in [2.45, 2.75) is 25.7 Å². The van der Waals surface area contributed by atoms with Crippen molar-refractivity contribution in [3.8, 4) is 0 Å². The summed E-state index contributed by atoms with van der Waals surface area (Å²) in [6, 6.07) is 9.52. The smallest absolute Gasteiger partial charge is 0.237 e. The number of likely N-dealkylation sites (tertiary alicyclic amines) is 1. The lowest BCUT2D eigenvalue weighted by atomic mass is 9.98. The van der Waals surface area contributed by atoms with E-state index in [0.717, 1.165) is 12.0 Å². The fourth-order valence-electron chi connectivity index (χ4n) is 2.09. The molecule has 16 heavy (non-hydrogen) atoms. The monoisotopic (exact) mass is 217 g/mol. The lowest BCUT2D eigenvalue weighted by molar-refractivity contribution is -0.138. The van der Waals surface area contributed by atoms with Gasteiger partial charge in [0.2, 0.25) is 11.8 Å². The Morgan fingerprint density at radius 3 is 2.56 bits per heavy atom. The molecule has 3 heteroatoms. The van der Waals surface area contributed by atoms with Crippen LogP contribution in [0.2, 0.25) is 0 Å². The molecule has 1 fully saturated rings. The Bertz CT molecular complexity index is 400. The van der Waals surface area contributed by atoms with Gasteiger partial charge >= 0.3 is 0 Å². The molecule has 1 aromatic rings. The molecule has 2 amide bonds. The normalized spacial score (nSPS) is 20.6. The summed E-state index contributed by atoms with van der Waals surface area (Å²) in [7, 11) is 0. The molecule has 3 nitrogen and oxygen atoms in total. The standard InChI is InChI=1S/C13H15NO2/c1-2-8-14-12(15)9-11(13(14)16)10-6-4-3-5-7-10/h3-7,11H,2,8-9H2,1H3. The molecule has 0 saturated carbocycles. The first-order valence-electron chi connectivity index (χ1n) is 5.63. The van der Waals surface area contributed by atoms with Crippen molar-refractivity contribution in [1.82, 2.24) is 4.90 Å². The lowest BCUT2D eigenvalue weighted by Crippen LogP contribution is -2.30. The van der Waals surface area contributed by atoms with E-state index in [1.807, 2.05) is 37.3 Å². The minimum absolute atomic E-state index is 0.0410. The summed E-state index contributed by atoms with van der Waals surface area (Å²) in [6.45, 7) is 2.51. The van der Waals surface area contributed by atoms with E-state index in [1.165, 1.54) is 4.90 Å². The van der Waals surface area contributed by atoms with Gasteiger partial charge in [-0.15, -0.1) is 0 Å². The summed E-state index contributed by atoms with van der Waals surface area (Å²) in [6.07, 6.45) is 1.14. The van der Waals surface area contributed by atoms with Crippen LogP contribution in [0, 0.1) is 0 Å². The minimum atomic E-state index is -0.264. The van der Waals surface area contributed by atoms with Gasteiger partial charge in [0.15, 0.2) is 0 Å². The minimum Gasteiger partial charge on any atom is -0.282 e. The van der Waals surface area contributed by atoms with Crippen LogP contribution >= 0.6 is 0 Å². The molecular weight excluding hydrogens is 202 g/mol. The molecule has 0 radical (unpaired) electrons. The third-order valence-corrected chi connectivity index (χ3v) is 2.89. The molecule has 84 valence electrons. The Hall–Kier alpha value is -1.64. The number of benzene rings is 1. The molecule has 1 unspecified atom stereocenters. The number of hydrogen-bond acceptors (Lipinski definition) is 2. The summed E-state index contributed by atoms with van der Waals surface area (Å²) >= 11 is 0. The molecule has 1 aliphatic heterocycles. The Morgan fingerprint density at radius 1 is 1.25 bits per heavy atom. The van der Waals surface area contributed by atoms with Crippen LogP contribution in [-0.4, -0.2) is 23.3 Å². The van der Waals surface area contributed by atoms with Crippen molar-refractivity contribution >= 4 is 11.8 Å². The number of nitrogens with zero attached hydrogens (tertiary/aromatic N) is 1. The first-order valence-corrected chi connectivity index (χ1v) is 5.63. The Labute approximate surface area is 95.1 Å². The molecule has 1 heterocycles. The van der Waals surface area contributed by atoms with Gasteiger partial charge in [-0.05, 0) is 12.0 Å². The van der Waals surface area contributed by atoms with Crippen molar-refractivity contribution in [2.75, 3.05) is 6.54 Å². The van der Waals surface area contributed by atoms with E-state index in [4.69, 9.17) is 0 Å². The highest BCUT2D eigenvalue weighted by Crippen LogP contribution is 2.29. The van der Waals surface area contributed by atoms with E-state index in [9.17, 15) is 9.59 Å². The molecule has 1 atom stereocenters. The highest BCUT2D eigenvalue weighted by atomic mass is 16.2. The summed E-state index contributed by atoms with van der Waals surface area (Å²) < 4.78 is 0. The number of imide groups is 1. The van der Waals surface area contributed by atoms with Crippen LogP contribution in [0.25, 0.3) is 0 Å². The zero-order valence-corrected chi connectivity index (χ0v) is 9.35. The zero-order valence-electron chi connectivity index (χ0n) is 9.35.